The van der Waals surface area contributed by atoms with Gasteiger partial charge < -0.3 is 16.0 Å². The Morgan fingerprint density at radius 2 is 1.79 bits per heavy atom. The molecule has 0 atom stereocenters. The predicted molar refractivity (Wildman–Crippen MR) is 114 cm³/mol. The lowest BCUT2D eigenvalue weighted by Gasteiger charge is -2.39. The van der Waals surface area contributed by atoms with Gasteiger partial charge in [-0.3, -0.25) is 9.59 Å². The molecule has 0 saturated carbocycles. The zero-order chi connectivity index (χ0) is 20.5. The van der Waals surface area contributed by atoms with Gasteiger partial charge in [0.05, 0.1) is 0 Å². The second-order valence-electron chi connectivity index (χ2n) is 9.20. The number of piperidine rings is 1. The summed E-state index contributed by atoms with van der Waals surface area (Å²) in [4.78, 5) is 25.2. The Morgan fingerprint density at radius 1 is 1.11 bits per heavy atom. The number of amides is 2. The molecule has 0 bridgehead atoms. The molecule has 2 amide bonds. The van der Waals surface area contributed by atoms with Crippen molar-refractivity contribution in [2.24, 2.45) is 11.1 Å². The van der Waals surface area contributed by atoms with Crippen molar-refractivity contribution in [3.8, 4) is 0 Å². The molecule has 1 fully saturated rings. The zero-order valence-electron chi connectivity index (χ0n) is 17.6. The summed E-state index contributed by atoms with van der Waals surface area (Å²) in [6, 6.07) is 6.18. The highest BCUT2D eigenvalue weighted by Gasteiger charge is 2.34. The molecule has 2 aliphatic rings. The molecule has 1 aromatic carbocycles. The highest BCUT2D eigenvalue weighted by Crippen LogP contribution is 2.41. The van der Waals surface area contributed by atoms with Crippen molar-refractivity contribution in [3.05, 3.63) is 35.4 Å². The lowest BCUT2D eigenvalue weighted by Crippen LogP contribution is -2.49. The molecule has 28 heavy (non-hydrogen) atoms. The average Bonchev–Trinajstić information content (AvgIpc) is 2.62. The molecule has 0 aromatic heterocycles. The molecule has 1 saturated heterocycles. The zero-order valence-corrected chi connectivity index (χ0v) is 17.6. The van der Waals surface area contributed by atoms with E-state index in [2.05, 4.69) is 31.3 Å². The number of likely N-dealkylation sites (tertiary alicyclic amines) is 1. The number of allylic oxidation sites excluding steroid dienone is 2. The van der Waals surface area contributed by atoms with E-state index in [0.29, 0.717) is 18.5 Å². The molecular weight excluding hydrogens is 350 g/mol. The van der Waals surface area contributed by atoms with Crippen LogP contribution in [0.25, 0.3) is 5.57 Å². The summed E-state index contributed by atoms with van der Waals surface area (Å²) in [5.41, 5.74) is 11.0. The molecule has 0 spiro atoms. The number of nitrogens with two attached hydrogens (primary N) is 1. The Hall–Kier alpha value is -2.14. The van der Waals surface area contributed by atoms with Gasteiger partial charge >= 0.3 is 0 Å². The molecule has 152 valence electrons. The molecule has 0 radical (unpaired) electrons. The summed E-state index contributed by atoms with van der Waals surface area (Å²) >= 11 is 0. The number of carbonyl (C=O) groups is 2. The minimum absolute atomic E-state index is 0.0667. The van der Waals surface area contributed by atoms with E-state index in [0.717, 1.165) is 48.9 Å². The molecule has 5 nitrogen and oxygen atoms in total. The summed E-state index contributed by atoms with van der Waals surface area (Å²) in [6.07, 6.45) is 6.97. The minimum Gasteiger partial charge on any atom is -0.343 e. The van der Waals surface area contributed by atoms with Gasteiger partial charge in [-0.05, 0) is 60.8 Å². The van der Waals surface area contributed by atoms with Gasteiger partial charge in [0.2, 0.25) is 11.8 Å². The van der Waals surface area contributed by atoms with E-state index in [1.54, 1.807) is 6.92 Å². The first-order valence-electron chi connectivity index (χ1n) is 10.3. The summed E-state index contributed by atoms with van der Waals surface area (Å²) in [5.74, 6) is 0.0432. The second-order valence-corrected chi connectivity index (χ2v) is 9.20. The van der Waals surface area contributed by atoms with Crippen molar-refractivity contribution in [3.63, 3.8) is 0 Å². The van der Waals surface area contributed by atoms with Crippen molar-refractivity contribution < 1.29 is 9.59 Å². The fraction of sp³-hybridized carbons (Fsp3) is 0.565. The number of anilines is 1. The maximum atomic E-state index is 11.7. The summed E-state index contributed by atoms with van der Waals surface area (Å²) in [7, 11) is 0. The van der Waals surface area contributed by atoms with Crippen LogP contribution in [0.5, 0.6) is 0 Å². The molecule has 1 heterocycles. The number of hydrogen-bond donors (Lipinski definition) is 2. The van der Waals surface area contributed by atoms with Crippen LogP contribution in [0.1, 0.15) is 70.9 Å². The van der Waals surface area contributed by atoms with E-state index in [4.69, 9.17) is 5.73 Å². The smallest absolute Gasteiger partial charge is 0.221 e. The van der Waals surface area contributed by atoms with Crippen molar-refractivity contribution >= 4 is 23.1 Å². The van der Waals surface area contributed by atoms with Crippen molar-refractivity contribution in [2.45, 2.75) is 65.3 Å². The van der Waals surface area contributed by atoms with Gasteiger partial charge in [-0.25, -0.2) is 0 Å². The largest absolute Gasteiger partial charge is 0.343 e. The van der Waals surface area contributed by atoms with Crippen LogP contribution in [0.3, 0.4) is 0 Å². The van der Waals surface area contributed by atoms with E-state index < -0.39 is 5.54 Å². The monoisotopic (exact) mass is 383 g/mol. The van der Waals surface area contributed by atoms with Crippen LogP contribution in [0, 0.1) is 5.41 Å². The Balaban J connectivity index is 1.93. The molecule has 3 N–H and O–H groups in total. The van der Waals surface area contributed by atoms with Gasteiger partial charge in [0.15, 0.2) is 0 Å². The number of rotatable bonds is 3. The Labute approximate surface area is 168 Å². The maximum absolute atomic E-state index is 11.7. The van der Waals surface area contributed by atoms with Crippen LogP contribution in [-0.4, -0.2) is 29.8 Å². The first kappa shape index (κ1) is 20.6. The van der Waals surface area contributed by atoms with E-state index in [9.17, 15) is 9.59 Å². The van der Waals surface area contributed by atoms with Gasteiger partial charge in [-0.2, -0.15) is 0 Å². The van der Waals surface area contributed by atoms with Crippen LogP contribution in [0.4, 0.5) is 5.69 Å². The van der Waals surface area contributed by atoms with Crippen molar-refractivity contribution in [1.82, 2.24) is 4.90 Å². The first-order valence-corrected chi connectivity index (χ1v) is 10.3. The van der Waals surface area contributed by atoms with E-state index in [1.807, 2.05) is 17.0 Å². The third kappa shape index (κ3) is 4.46. The van der Waals surface area contributed by atoms with Crippen molar-refractivity contribution in [1.29, 1.82) is 0 Å². The fourth-order valence-electron chi connectivity index (χ4n) is 4.25. The third-order valence-electron chi connectivity index (χ3n) is 6.32. The van der Waals surface area contributed by atoms with E-state index in [1.165, 1.54) is 12.5 Å². The maximum Gasteiger partial charge on any atom is 0.221 e. The van der Waals surface area contributed by atoms with Crippen LogP contribution in [0.2, 0.25) is 0 Å². The summed E-state index contributed by atoms with van der Waals surface area (Å²) < 4.78 is 0. The Bertz CT molecular complexity index is 802. The number of nitrogens with zero attached hydrogens (tertiary/aromatic N) is 1. The SMILES string of the molecule is CC(=O)Nc1ccc(C2(N)CCN(C(C)=O)CC2)cc1C1=CCC(C)(C)CC1. The van der Waals surface area contributed by atoms with E-state index in [-0.39, 0.29) is 11.8 Å². The van der Waals surface area contributed by atoms with Crippen LogP contribution >= 0.6 is 0 Å². The molecule has 3 rings (SSSR count). The standard InChI is InChI=1S/C23H33N3O2/c1-16(27)25-21-6-5-19(23(24)11-13-26(14-12-23)17(2)28)15-20(21)18-7-9-22(3,4)10-8-18/h5-7,15H,8-14,24H2,1-4H3,(H,25,27). The fourth-order valence-corrected chi connectivity index (χ4v) is 4.25. The van der Waals surface area contributed by atoms with Crippen molar-refractivity contribution in [2.75, 3.05) is 18.4 Å². The molecule has 1 aromatic rings. The first-order chi connectivity index (χ1) is 13.1. The van der Waals surface area contributed by atoms with Gasteiger partial charge in [-0.15, -0.1) is 0 Å². The number of benzene rings is 1. The molecular formula is C23H33N3O2. The van der Waals surface area contributed by atoms with Gasteiger partial charge in [0.1, 0.15) is 0 Å². The second kappa shape index (κ2) is 7.70. The quantitative estimate of drug-likeness (QED) is 0.827. The summed E-state index contributed by atoms with van der Waals surface area (Å²) in [5, 5.41) is 2.98. The lowest BCUT2D eigenvalue weighted by molar-refractivity contribution is -0.130. The highest BCUT2D eigenvalue weighted by atomic mass is 16.2. The van der Waals surface area contributed by atoms with Gasteiger partial charge in [0.25, 0.3) is 0 Å². The minimum atomic E-state index is -0.441. The molecule has 1 aliphatic heterocycles. The average molecular weight is 384 g/mol. The van der Waals surface area contributed by atoms with Gasteiger partial charge in [-0.1, -0.05) is 26.0 Å². The molecule has 0 unspecified atom stereocenters. The Morgan fingerprint density at radius 3 is 2.32 bits per heavy atom. The normalized spacial score (nSPS) is 21.0. The summed E-state index contributed by atoms with van der Waals surface area (Å²) in [6.45, 7) is 9.11. The van der Waals surface area contributed by atoms with Crippen LogP contribution < -0.4 is 11.1 Å². The topological polar surface area (TPSA) is 75.4 Å². The number of hydrogen-bond acceptors (Lipinski definition) is 3. The third-order valence-corrected chi connectivity index (χ3v) is 6.32. The molecule has 1 aliphatic carbocycles. The predicted octanol–water partition coefficient (Wildman–Crippen LogP) is 4.03. The van der Waals surface area contributed by atoms with Gasteiger partial charge in [0, 0.05) is 43.7 Å². The van der Waals surface area contributed by atoms with Crippen LogP contribution in [0.15, 0.2) is 24.3 Å². The van der Waals surface area contributed by atoms with Crippen LogP contribution in [-0.2, 0) is 15.1 Å². The molecule has 5 heteroatoms. The highest BCUT2D eigenvalue weighted by molar-refractivity contribution is 5.93. The Kier molecular flexibility index (Phi) is 5.67. The number of nitrogens with one attached hydrogen (secondary N) is 1. The lowest BCUT2D eigenvalue weighted by atomic mass is 9.75. The number of carbonyl (C=O) groups excluding carboxylic acids is 2. The van der Waals surface area contributed by atoms with E-state index >= 15 is 0 Å².